The zero-order chi connectivity index (χ0) is 26.7. The Bertz CT molecular complexity index is 1570. The molecule has 0 unspecified atom stereocenters. The summed E-state index contributed by atoms with van der Waals surface area (Å²) in [6.07, 6.45) is 0. The van der Waals surface area contributed by atoms with Gasteiger partial charge in [0.25, 0.3) is 0 Å². The molecule has 0 heterocycles. The Kier molecular flexibility index (Phi) is 7.99. The molecule has 4 aromatic carbocycles. The Morgan fingerprint density at radius 3 is 1.97 bits per heavy atom. The van der Waals surface area contributed by atoms with E-state index in [1.807, 2.05) is 0 Å². The number of aryl methyl sites for hydroxylation is 1. The number of hydrogen-bond donors (Lipinski definition) is 2. The summed E-state index contributed by atoms with van der Waals surface area (Å²) < 4.78 is 31.7. The van der Waals surface area contributed by atoms with Gasteiger partial charge in [0.2, 0.25) is 9.84 Å². The van der Waals surface area contributed by atoms with Crippen LogP contribution in [0, 0.1) is 13.8 Å². The lowest BCUT2D eigenvalue weighted by molar-refractivity contribution is 0.262. The van der Waals surface area contributed by atoms with Crippen LogP contribution in [0.3, 0.4) is 0 Å². The summed E-state index contributed by atoms with van der Waals surface area (Å²) >= 11 is 18.6. The SMILES string of the molecule is Cc1cc(NC(=O)Nc2ccccc2Cl)c(C)c(Cl)c1Oc1ccc(S(=O)(=O)c2ccc(Cl)cc2)cc1. The third kappa shape index (κ3) is 6.02. The summed E-state index contributed by atoms with van der Waals surface area (Å²) in [6, 6.07) is 20.2. The minimum absolute atomic E-state index is 0.116. The number of para-hydroxylation sites is 1. The minimum Gasteiger partial charge on any atom is -0.456 e. The molecule has 0 aliphatic carbocycles. The first-order valence-electron chi connectivity index (χ1n) is 11.0. The number of carbonyl (C=O) groups excluding carboxylic acids is 1. The maximum absolute atomic E-state index is 12.9. The van der Waals surface area contributed by atoms with Crippen molar-refractivity contribution in [3.05, 3.63) is 105 Å². The molecule has 4 rings (SSSR count). The average molecular weight is 576 g/mol. The normalized spacial score (nSPS) is 11.2. The molecule has 2 N–H and O–H groups in total. The second-order valence-corrected chi connectivity index (χ2v) is 11.3. The van der Waals surface area contributed by atoms with Crippen LogP contribution in [0.4, 0.5) is 16.2 Å². The summed E-state index contributed by atoms with van der Waals surface area (Å²) in [4.78, 5) is 12.8. The van der Waals surface area contributed by atoms with E-state index >= 15 is 0 Å². The zero-order valence-electron chi connectivity index (χ0n) is 19.7. The molecule has 0 saturated carbocycles. The smallest absolute Gasteiger partial charge is 0.323 e. The van der Waals surface area contributed by atoms with Crippen molar-refractivity contribution in [2.45, 2.75) is 23.6 Å². The molecule has 0 saturated heterocycles. The van der Waals surface area contributed by atoms with Gasteiger partial charge >= 0.3 is 6.03 Å². The van der Waals surface area contributed by atoms with Gasteiger partial charge in [-0.15, -0.1) is 0 Å². The number of halogens is 3. The first kappa shape index (κ1) is 26.8. The molecule has 0 atom stereocenters. The number of hydrogen-bond acceptors (Lipinski definition) is 4. The molecule has 0 bridgehead atoms. The number of urea groups is 1. The van der Waals surface area contributed by atoms with Gasteiger partial charge in [-0.3, -0.25) is 0 Å². The van der Waals surface area contributed by atoms with Crippen molar-refractivity contribution in [1.29, 1.82) is 0 Å². The number of sulfone groups is 1. The van der Waals surface area contributed by atoms with Crippen LogP contribution in [-0.2, 0) is 9.84 Å². The van der Waals surface area contributed by atoms with Gasteiger partial charge < -0.3 is 15.4 Å². The first-order valence-corrected chi connectivity index (χ1v) is 13.6. The van der Waals surface area contributed by atoms with Gasteiger partial charge in [0.1, 0.15) is 11.5 Å². The van der Waals surface area contributed by atoms with Crippen LogP contribution in [-0.4, -0.2) is 14.4 Å². The molecular formula is C27H21Cl3N2O4S. The number of ether oxygens (including phenoxy) is 1. The molecule has 0 radical (unpaired) electrons. The first-order chi connectivity index (χ1) is 17.6. The second kappa shape index (κ2) is 11.0. The van der Waals surface area contributed by atoms with Crippen LogP contribution in [0.1, 0.15) is 11.1 Å². The summed E-state index contributed by atoms with van der Waals surface area (Å²) in [7, 11) is -3.71. The van der Waals surface area contributed by atoms with Gasteiger partial charge in [0.15, 0.2) is 0 Å². The van der Waals surface area contributed by atoms with Gasteiger partial charge in [0.05, 0.1) is 25.5 Å². The molecule has 0 aromatic heterocycles. The molecule has 37 heavy (non-hydrogen) atoms. The van der Waals surface area contributed by atoms with Crippen LogP contribution in [0.25, 0.3) is 0 Å². The second-order valence-electron chi connectivity index (χ2n) is 8.10. The number of rotatable bonds is 6. The lowest BCUT2D eigenvalue weighted by atomic mass is 10.1. The van der Waals surface area contributed by atoms with E-state index in [0.717, 1.165) is 0 Å². The van der Waals surface area contributed by atoms with Crippen molar-refractivity contribution in [1.82, 2.24) is 0 Å². The van der Waals surface area contributed by atoms with E-state index in [1.165, 1.54) is 36.4 Å². The monoisotopic (exact) mass is 574 g/mol. The van der Waals surface area contributed by atoms with E-state index in [9.17, 15) is 13.2 Å². The molecule has 2 amide bonds. The number of nitrogens with one attached hydrogen (secondary N) is 2. The summed E-state index contributed by atoms with van der Waals surface area (Å²) in [5.41, 5.74) is 2.24. The largest absolute Gasteiger partial charge is 0.456 e. The van der Waals surface area contributed by atoms with E-state index in [0.29, 0.717) is 49.1 Å². The summed E-state index contributed by atoms with van der Waals surface area (Å²) in [6.45, 7) is 3.54. The van der Waals surface area contributed by atoms with Gasteiger partial charge in [-0.1, -0.05) is 46.9 Å². The van der Waals surface area contributed by atoms with Crippen molar-refractivity contribution in [3.63, 3.8) is 0 Å². The lowest BCUT2D eigenvalue weighted by Gasteiger charge is -2.17. The Morgan fingerprint density at radius 2 is 1.35 bits per heavy atom. The fraction of sp³-hybridized carbons (Fsp3) is 0.0741. The van der Waals surface area contributed by atoms with Crippen LogP contribution < -0.4 is 15.4 Å². The number of benzene rings is 4. The van der Waals surface area contributed by atoms with Gasteiger partial charge in [-0.2, -0.15) is 0 Å². The van der Waals surface area contributed by atoms with E-state index in [4.69, 9.17) is 39.5 Å². The van der Waals surface area contributed by atoms with Gasteiger partial charge in [0, 0.05) is 10.7 Å². The maximum atomic E-state index is 12.9. The molecule has 4 aromatic rings. The molecular weight excluding hydrogens is 555 g/mol. The highest BCUT2D eigenvalue weighted by atomic mass is 35.5. The molecule has 6 nitrogen and oxygen atoms in total. The minimum atomic E-state index is -3.71. The molecule has 10 heteroatoms. The fourth-order valence-corrected chi connectivity index (χ4v) is 5.36. The maximum Gasteiger partial charge on any atom is 0.323 e. The lowest BCUT2D eigenvalue weighted by Crippen LogP contribution is -2.20. The van der Waals surface area contributed by atoms with Crippen molar-refractivity contribution in [2.75, 3.05) is 10.6 Å². The number of carbonyl (C=O) groups is 1. The Labute approximate surface area is 230 Å². The van der Waals surface area contributed by atoms with E-state index < -0.39 is 15.9 Å². The molecule has 190 valence electrons. The molecule has 0 spiro atoms. The standard InChI is InChI=1S/C27H21Cl3N2O4S/c1-16-15-24(32-27(33)31-23-6-4-3-5-22(23)29)17(2)25(30)26(16)36-19-9-13-21(14-10-19)37(34,35)20-11-7-18(28)8-12-20/h3-15H,1-2H3,(H2,31,32,33). The Balaban J connectivity index is 1.52. The Morgan fingerprint density at radius 1 is 0.784 bits per heavy atom. The van der Waals surface area contributed by atoms with Crippen LogP contribution >= 0.6 is 34.8 Å². The third-order valence-corrected chi connectivity index (χ3v) is 8.32. The van der Waals surface area contributed by atoms with Crippen LogP contribution in [0.15, 0.2) is 88.7 Å². The molecule has 0 aliphatic rings. The number of amides is 2. The molecule has 0 aliphatic heterocycles. The van der Waals surface area contributed by atoms with E-state index in [2.05, 4.69) is 10.6 Å². The topological polar surface area (TPSA) is 84.5 Å². The summed E-state index contributed by atoms with van der Waals surface area (Å²) in [5, 5.41) is 6.66. The van der Waals surface area contributed by atoms with Crippen molar-refractivity contribution in [2.24, 2.45) is 0 Å². The van der Waals surface area contributed by atoms with Gasteiger partial charge in [-0.25, -0.2) is 13.2 Å². The number of anilines is 2. The van der Waals surface area contributed by atoms with Gasteiger partial charge in [-0.05, 0) is 91.7 Å². The van der Waals surface area contributed by atoms with Crippen LogP contribution in [0.2, 0.25) is 15.1 Å². The third-order valence-electron chi connectivity index (χ3n) is 5.50. The quantitative estimate of drug-likeness (QED) is 0.241. The van der Waals surface area contributed by atoms with Crippen molar-refractivity contribution < 1.29 is 17.9 Å². The predicted octanol–water partition coefficient (Wildman–Crippen LogP) is 8.53. The highest BCUT2D eigenvalue weighted by Gasteiger charge is 2.19. The van der Waals surface area contributed by atoms with Crippen molar-refractivity contribution in [3.8, 4) is 11.5 Å². The van der Waals surface area contributed by atoms with E-state index in [-0.39, 0.29) is 9.79 Å². The predicted molar refractivity (Wildman–Crippen MR) is 148 cm³/mol. The highest BCUT2D eigenvalue weighted by molar-refractivity contribution is 7.91. The Hall–Kier alpha value is -3.23. The highest BCUT2D eigenvalue weighted by Crippen LogP contribution is 2.39. The fourth-order valence-electron chi connectivity index (χ4n) is 3.50. The van der Waals surface area contributed by atoms with Crippen LogP contribution in [0.5, 0.6) is 11.5 Å². The van der Waals surface area contributed by atoms with E-state index in [1.54, 1.807) is 56.3 Å². The van der Waals surface area contributed by atoms with Crippen molar-refractivity contribution >= 4 is 62.0 Å². The summed E-state index contributed by atoms with van der Waals surface area (Å²) in [5.74, 6) is 0.793. The zero-order valence-corrected chi connectivity index (χ0v) is 22.8. The molecule has 0 fully saturated rings. The average Bonchev–Trinajstić information content (AvgIpc) is 2.87.